The van der Waals surface area contributed by atoms with E-state index in [4.69, 9.17) is 37.8 Å². The highest BCUT2D eigenvalue weighted by Gasteiger charge is 2.47. The number of nitrogens with zero attached hydrogens (tertiary/aromatic N) is 1. The second-order valence-corrected chi connectivity index (χ2v) is 14.5. The fourth-order valence-electron chi connectivity index (χ4n) is 6.88. The van der Waals surface area contributed by atoms with Crippen molar-refractivity contribution in [1.29, 1.82) is 0 Å². The van der Waals surface area contributed by atoms with Crippen molar-refractivity contribution in [3.05, 3.63) is 98.5 Å². The van der Waals surface area contributed by atoms with Crippen LogP contribution in [0, 0.1) is 13.8 Å². The lowest BCUT2D eigenvalue weighted by atomic mass is 9.82. The number of piperazine rings is 1. The Labute approximate surface area is 302 Å². The van der Waals surface area contributed by atoms with E-state index in [0.29, 0.717) is 66.3 Å². The van der Waals surface area contributed by atoms with Gasteiger partial charge in [0.15, 0.2) is 0 Å². The lowest BCUT2D eigenvalue weighted by Gasteiger charge is -2.44. The van der Waals surface area contributed by atoms with Crippen molar-refractivity contribution in [3.8, 4) is 11.5 Å². The average molecular weight is 721 g/mol. The zero-order valence-corrected chi connectivity index (χ0v) is 29.9. The molecular weight excluding hydrogens is 677 g/mol. The standard InChI is InChI=1S/C39H43Cl2N3O6/c1-24-18-32(41)34(19-25(24)2)50-17-16-49-29-12-10-26(11-13-29)30-20-28-22-44(35(45)8-5-9-36(46)47)23-33(42-28)37(30)38(48)43-39(14-15-39)21-27-6-3-4-7-31(27)40/h3-4,6-7,10-13,18-19,28,33,42H,5,8-9,14-17,20-23H2,1-2H3,(H,43,48)(H,46,47)/t28-,33-/m1/s1. The molecule has 3 aromatic carbocycles. The number of aliphatic carboxylic acids is 1. The van der Waals surface area contributed by atoms with Gasteiger partial charge in [0.1, 0.15) is 24.7 Å². The first kappa shape index (κ1) is 35.8. The van der Waals surface area contributed by atoms with Crippen molar-refractivity contribution in [2.75, 3.05) is 26.3 Å². The van der Waals surface area contributed by atoms with E-state index >= 15 is 0 Å². The van der Waals surface area contributed by atoms with Gasteiger partial charge >= 0.3 is 5.97 Å². The largest absolute Gasteiger partial charge is 0.490 e. The number of fused-ring (bicyclic) bond motifs is 2. The van der Waals surface area contributed by atoms with Crippen LogP contribution in [0.1, 0.15) is 60.8 Å². The van der Waals surface area contributed by atoms with Gasteiger partial charge in [0.2, 0.25) is 11.8 Å². The number of hydrogen-bond acceptors (Lipinski definition) is 6. The fraction of sp³-hybridized carbons (Fsp3) is 0.410. The third-order valence-electron chi connectivity index (χ3n) is 9.86. The van der Waals surface area contributed by atoms with Crippen LogP contribution >= 0.6 is 23.2 Å². The zero-order valence-electron chi connectivity index (χ0n) is 28.4. The van der Waals surface area contributed by atoms with Crippen LogP contribution in [0.4, 0.5) is 0 Å². The van der Waals surface area contributed by atoms with Crippen molar-refractivity contribution >= 4 is 46.6 Å². The number of carbonyl (C=O) groups excluding carboxylic acids is 2. The number of halogens is 2. The summed E-state index contributed by atoms with van der Waals surface area (Å²) in [6.07, 6.45) is 3.30. The van der Waals surface area contributed by atoms with Crippen molar-refractivity contribution < 1.29 is 29.0 Å². The van der Waals surface area contributed by atoms with Crippen LogP contribution in [0.5, 0.6) is 11.5 Å². The van der Waals surface area contributed by atoms with Gasteiger partial charge in [-0.15, -0.1) is 0 Å². The highest BCUT2D eigenvalue weighted by atomic mass is 35.5. The average Bonchev–Trinajstić information content (AvgIpc) is 3.84. The Kier molecular flexibility index (Phi) is 11.1. The molecule has 1 saturated heterocycles. The molecule has 2 atom stereocenters. The molecule has 6 rings (SSSR count). The highest BCUT2D eigenvalue weighted by Crippen LogP contribution is 2.41. The predicted octanol–water partition coefficient (Wildman–Crippen LogP) is 6.54. The molecule has 3 aliphatic rings. The molecule has 0 unspecified atom stereocenters. The molecule has 2 amide bonds. The topological polar surface area (TPSA) is 117 Å². The lowest BCUT2D eigenvalue weighted by Crippen LogP contribution is -2.62. The van der Waals surface area contributed by atoms with Gasteiger partial charge in [-0.25, -0.2) is 0 Å². The van der Waals surface area contributed by atoms with Crippen molar-refractivity contribution in [2.24, 2.45) is 0 Å². The van der Waals surface area contributed by atoms with Crippen molar-refractivity contribution in [2.45, 2.75) is 76.4 Å². The molecule has 0 radical (unpaired) electrons. The number of amides is 2. The summed E-state index contributed by atoms with van der Waals surface area (Å²) < 4.78 is 11.8. The van der Waals surface area contributed by atoms with Crippen LogP contribution in [0.2, 0.25) is 10.0 Å². The number of carboxylic acids is 1. The minimum atomic E-state index is -0.917. The summed E-state index contributed by atoms with van der Waals surface area (Å²) in [6, 6.07) is 18.9. The van der Waals surface area contributed by atoms with Gasteiger partial charge in [-0.05, 0) is 104 Å². The number of rotatable bonds is 14. The Balaban J connectivity index is 1.18. The van der Waals surface area contributed by atoms with Crippen molar-refractivity contribution in [1.82, 2.24) is 15.5 Å². The molecule has 3 N–H and O–H groups in total. The first-order valence-electron chi connectivity index (χ1n) is 17.2. The van der Waals surface area contributed by atoms with E-state index < -0.39 is 5.97 Å². The van der Waals surface area contributed by atoms with Crippen molar-refractivity contribution in [3.63, 3.8) is 0 Å². The molecule has 2 bridgehead atoms. The first-order chi connectivity index (χ1) is 24.0. The summed E-state index contributed by atoms with van der Waals surface area (Å²) >= 11 is 12.8. The zero-order chi connectivity index (χ0) is 35.4. The third-order valence-corrected chi connectivity index (χ3v) is 10.5. The summed E-state index contributed by atoms with van der Waals surface area (Å²) in [5, 5.41) is 17.3. The number of hydrogen-bond donors (Lipinski definition) is 3. The number of benzene rings is 3. The minimum absolute atomic E-state index is 0.0490. The van der Waals surface area contributed by atoms with Gasteiger partial charge in [0.05, 0.1) is 11.1 Å². The Morgan fingerprint density at radius 2 is 1.66 bits per heavy atom. The summed E-state index contributed by atoms with van der Waals surface area (Å²) in [6.45, 7) is 5.50. The Bertz CT molecular complexity index is 1790. The minimum Gasteiger partial charge on any atom is -0.490 e. The fourth-order valence-corrected chi connectivity index (χ4v) is 7.35. The highest BCUT2D eigenvalue weighted by molar-refractivity contribution is 6.32. The van der Waals surface area contributed by atoms with Gasteiger partial charge in [-0.3, -0.25) is 14.4 Å². The predicted molar refractivity (Wildman–Crippen MR) is 194 cm³/mol. The van der Waals surface area contributed by atoms with Crippen LogP contribution in [0.3, 0.4) is 0 Å². The molecule has 9 nitrogen and oxygen atoms in total. The van der Waals surface area contributed by atoms with Crippen LogP contribution in [0.25, 0.3) is 5.57 Å². The number of carbonyl (C=O) groups is 3. The molecule has 50 heavy (non-hydrogen) atoms. The normalized spacial score (nSPS) is 19.2. The van der Waals surface area contributed by atoms with E-state index in [2.05, 4.69) is 10.6 Å². The van der Waals surface area contributed by atoms with E-state index in [1.165, 1.54) is 0 Å². The molecule has 2 fully saturated rings. The van der Waals surface area contributed by atoms with E-state index in [0.717, 1.165) is 40.7 Å². The number of carboxylic acid groups (broad SMARTS) is 1. The Morgan fingerprint density at radius 1 is 0.940 bits per heavy atom. The van der Waals surface area contributed by atoms with Gasteiger partial charge in [0, 0.05) is 48.1 Å². The summed E-state index contributed by atoms with van der Waals surface area (Å²) in [7, 11) is 0. The molecule has 0 spiro atoms. The maximum Gasteiger partial charge on any atom is 0.303 e. The van der Waals surface area contributed by atoms with Gasteiger partial charge < -0.3 is 30.1 Å². The van der Waals surface area contributed by atoms with E-state index in [-0.39, 0.29) is 48.7 Å². The number of aryl methyl sites for hydroxylation is 2. The number of nitrogens with one attached hydrogen (secondary N) is 2. The van der Waals surface area contributed by atoms with E-state index in [1.807, 2.05) is 74.5 Å². The van der Waals surface area contributed by atoms with Gasteiger partial charge in [-0.1, -0.05) is 53.5 Å². The van der Waals surface area contributed by atoms with Crippen LogP contribution in [-0.2, 0) is 20.8 Å². The third kappa shape index (κ3) is 8.63. The van der Waals surface area contributed by atoms with E-state index in [9.17, 15) is 14.4 Å². The SMILES string of the molecule is Cc1cc(Cl)c(OCCOc2ccc(C3=C(C(=O)NC4(Cc5ccccc5Cl)CC4)[C@H]4CN(C(=O)CCCC(=O)O)C[C@@H](C3)N4)cc2)cc1C. The molecule has 2 heterocycles. The second kappa shape index (κ2) is 15.5. The van der Waals surface area contributed by atoms with Crippen LogP contribution < -0.4 is 20.1 Å². The Hall–Kier alpha value is -4.05. The smallest absolute Gasteiger partial charge is 0.303 e. The molecule has 3 aromatic rings. The summed E-state index contributed by atoms with van der Waals surface area (Å²) in [5.41, 5.74) is 5.33. The maximum absolute atomic E-state index is 14.3. The van der Waals surface area contributed by atoms with Crippen LogP contribution in [0.15, 0.2) is 66.2 Å². The molecular formula is C39H43Cl2N3O6. The molecule has 1 saturated carbocycles. The van der Waals surface area contributed by atoms with Crippen LogP contribution in [-0.4, -0.2) is 71.7 Å². The first-order valence-corrected chi connectivity index (χ1v) is 17.9. The maximum atomic E-state index is 14.3. The molecule has 0 aromatic heterocycles. The summed E-state index contributed by atoms with van der Waals surface area (Å²) in [5.74, 6) is 0.151. The molecule has 1 aliphatic carbocycles. The molecule has 11 heteroatoms. The quantitative estimate of drug-likeness (QED) is 0.162. The summed E-state index contributed by atoms with van der Waals surface area (Å²) in [4.78, 5) is 40.2. The number of ether oxygens (including phenoxy) is 2. The van der Waals surface area contributed by atoms with Gasteiger partial charge in [-0.2, -0.15) is 0 Å². The lowest BCUT2D eigenvalue weighted by molar-refractivity contribution is -0.137. The molecule has 2 aliphatic heterocycles. The second-order valence-electron chi connectivity index (χ2n) is 13.6. The van der Waals surface area contributed by atoms with Gasteiger partial charge in [0.25, 0.3) is 0 Å². The Morgan fingerprint density at radius 3 is 2.38 bits per heavy atom. The monoisotopic (exact) mass is 719 g/mol. The molecule has 264 valence electrons. The van der Waals surface area contributed by atoms with E-state index in [1.54, 1.807) is 4.90 Å².